The Morgan fingerprint density at radius 1 is 0.917 bits per heavy atom. The molecule has 258 valence electrons. The number of hydrogen-bond donors (Lipinski definition) is 1. The van der Waals surface area contributed by atoms with E-state index in [4.69, 9.17) is 25.8 Å². The first-order chi connectivity index (χ1) is 22.9. The Morgan fingerprint density at radius 2 is 1.56 bits per heavy atom. The van der Waals surface area contributed by atoms with E-state index in [1.54, 1.807) is 0 Å². The molecule has 2 heterocycles. The Labute approximate surface area is 289 Å². The van der Waals surface area contributed by atoms with Gasteiger partial charge >= 0.3 is 6.09 Å². The summed E-state index contributed by atoms with van der Waals surface area (Å²) in [7, 11) is 0. The zero-order valence-corrected chi connectivity index (χ0v) is 29.7. The van der Waals surface area contributed by atoms with Crippen LogP contribution >= 0.6 is 11.6 Å². The molecule has 1 N–H and O–H groups in total. The van der Waals surface area contributed by atoms with E-state index >= 15 is 0 Å². The molecule has 2 fully saturated rings. The van der Waals surface area contributed by atoms with Gasteiger partial charge in [0.25, 0.3) is 0 Å². The van der Waals surface area contributed by atoms with E-state index < -0.39 is 5.60 Å². The molecule has 1 spiro atoms. The maximum Gasteiger partial charge on any atom is 0.410 e. The van der Waals surface area contributed by atoms with Crippen LogP contribution in [0.4, 0.5) is 4.79 Å². The van der Waals surface area contributed by atoms with E-state index in [0.717, 1.165) is 85.6 Å². The lowest BCUT2D eigenvalue weighted by Gasteiger charge is -2.46. The van der Waals surface area contributed by atoms with Gasteiger partial charge in [-0.2, -0.15) is 0 Å². The molecule has 3 aromatic carbocycles. The molecule has 0 saturated carbocycles. The molecule has 0 aliphatic carbocycles. The average Bonchev–Trinajstić information content (AvgIpc) is 3.05. The number of piperidine rings is 2. The topological polar surface area (TPSA) is 88.5 Å². The van der Waals surface area contributed by atoms with Crippen LogP contribution < -0.4 is 9.47 Å². The van der Waals surface area contributed by atoms with Crippen molar-refractivity contribution in [3.63, 3.8) is 0 Å². The molecule has 0 unspecified atom stereocenters. The van der Waals surface area contributed by atoms with Gasteiger partial charge in [-0.05, 0) is 125 Å². The molecule has 9 heteroatoms. The number of aromatic hydroxyl groups is 1. The fourth-order valence-electron chi connectivity index (χ4n) is 6.82. The summed E-state index contributed by atoms with van der Waals surface area (Å²) in [5.74, 6) is 1.04. The van der Waals surface area contributed by atoms with Crippen molar-refractivity contribution < 1.29 is 28.9 Å². The molecule has 0 radical (unpaired) electrons. The summed E-state index contributed by atoms with van der Waals surface area (Å²) in [4.78, 5) is 28.0. The van der Waals surface area contributed by atoms with Crippen LogP contribution in [0, 0.1) is 19.3 Å². The monoisotopic (exact) mass is 676 g/mol. The fourth-order valence-corrected chi connectivity index (χ4v) is 7.05. The molecule has 5 rings (SSSR count). The van der Waals surface area contributed by atoms with Gasteiger partial charge in [-0.1, -0.05) is 41.9 Å². The van der Waals surface area contributed by atoms with E-state index in [2.05, 4.69) is 30.9 Å². The van der Waals surface area contributed by atoms with Crippen molar-refractivity contribution in [2.45, 2.75) is 78.9 Å². The molecule has 3 aromatic rings. The number of rotatable bonds is 10. The minimum Gasteiger partial charge on any atom is -0.507 e. The summed E-state index contributed by atoms with van der Waals surface area (Å²) in [6.45, 7) is 15.6. The quantitative estimate of drug-likeness (QED) is 0.170. The Bertz CT molecular complexity index is 1600. The van der Waals surface area contributed by atoms with Crippen molar-refractivity contribution in [1.29, 1.82) is 0 Å². The molecule has 2 saturated heterocycles. The van der Waals surface area contributed by atoms with Crippen molar-refractivity contribution in [3.05, 3.63) is 75.8 Å². The third-order valence-corrected chi connectivity index (χ3v) is 10.2. The fraction of sp³-hybridized carbons (Fsp3) is 0.487. The second kappa shape index (κ2) is 15.2. The molecule has 0 bridgehead atoms. The average molecular weight is 677 g/mol. The number of halogens is 1. The van der Waals surface area contributed by atoms with E-state index in [0.29, 0.717) is 24.1 Å². The van der Waals surface area contributed by atoms with Crippen LogP contribution in [-0.4, -0.2) is 72.2 Å². The molecular weight excluding hydrogens is 628 g/mol. The standard InChI is InChI=1S/C39H49ClN2O6/c1-27-29(26-47-36-24-34(44)30(25-43)23-33(36)40)9-6-10-31(27)32-11-7-12-35(28(32)2)46-22-8-17-41-18-13-39(14-19-41)15-20-42(21-16-39)37(45)48-38(3,4)5/h6-7,9-12,23-25,44H,8,13-22,26H2,1-5H3. The van der Waals surface area contributed by atoms with Gasteiger partial charge in [-0.15, -0.1) is 0 Å². The second-order valence-electron chi connectivity index (χ2n) is 14.3. The number of phenolic OH excluding ortho intramolecular Hbond substituents is 1. The third kappa shape index (κ3) is 8.63. The number of carbonyl (C=O) groups is 2. The number of amides is 1. The lowest BCUT2D eigenvalue weighted by molar-refractivity contribution is -0.00266. The number of likely N-dealkylation sites (tertiary alicyclic amines) is 2. The SMILES string of the molecule is Cc1c(COc2cc(O)c(C=O)cc2Cl)cccc1-c1cccc(OCCCN2CCC3(CC2)CCN(C(=O)OC(C)(C)C)CC3)c1C. The number of carbonyl (C=O) groups excluding carboxylic acids is 2. The molecule has 2 aliphatic heterocycles. The minimum atomic E-state index is -0.457. The molecule has 1 amide bonds. The normalized spacial score (nSPS) is 16.5. The highest BCUT2D eigenvalue weighted by Crippen LogP contribution is 2.42. The van der Waals surface area contributed by atoms with Crippen LogP contribution in [0.15, 0.2) is 48.5 Å². The number of benzene rings is 3. The van der Waals surface area contributed by atoms with Gasteiger partial charge in [0.05, 0.1) is 17.2 Å². The van der Waals surface area contributed by atoms with Crippen molar-refractivity contribution >= 4 is 24.0 Å². The molecular formula is C39H49ClN2O6. The van der Waals surface area contributed by atoms with Gasteiger partial charge in [0, 0.05) is 25.7 Å². The second-order valence-corrected chi connectivity index (χ2v) is 14.7. The first-order valence-electron chi connectivity index (χ1n) is 17.0. The van der Waals surface area contributed by atoms with Crippen LogP contribution in [0.25, 0.3) is 11.1 Å². The lowest BCUT2D eigenvalue weighted by atomic mass is 9.71. The summed E-state index contributed by atoms with van der Waals surface area (Å²) in [6.07, 6.45) is 5.82. The highest BCUT2D eigenvalue weighted by Gasteiger charge is 2.39. The third-order valence-electron chi connectivity index (χ3n) is 9.88. The van der Waals surface area contributed by atoms with Gasteiger partial charge in [-0.25, -0.2) is 4.79 Å². The minimum absolute atomic E-state index is 0.123. The van der Waals surface area contributed by atoms with Crippen LogP contribution in [-0.2, 0) is 11.3 Å². The number of hydrogen-bond acceptors (Lipinski definition) is 7. The summed E-state index contributed by atoms with van der Waals surface area (Å²) < 4.78 is 17.9. The van der Waals surface area contributed by atoms with Gasteiger partial charge < -0.3 is 29.1 Å². The summed E-state index contributed by atoms with van der Waals surface area (Å²) in [5, 5.41) is 10.3. The van der Waals surface area contributed by atoms with Gasteiger partial charge in [0.2, 0.25) is 0 Å². The molecule has 2 aliphatic rings. The zero-order chi connectivity index (χ0) is 34.5. The first-order valence-corrected chi connectivity index (χ1v) is 17.4. The predicted molar refractivity (Wildman–Crippen MR) is 189 cm³/mol. The van der Waals surface area contributed by atoms with Crippen LogP contribution in [0.5, 0.6) is 17.2 Å². The van der Waals surface area contributed by atoms with Crippen LogP contribution in [0.2, 0.25) is 5.02 Å². The Morgan fingerprint density at radius 3 is 2.23 bits per heavy atom. The van der Waals surface area contributed by atoms with E-state index in [1.165, 1.54) is 25.0 Å². The summed E-state index contributed by atoms with van der Waals surface area (Å²) >= 11 is 6.28. The van der Waals surface area contributed by atoms with Crippen LogP contribution in [0.1, 0.15) is 79.9 Å². The number of aldehydes is 1. The van der Waals surface area contributed by atoms with E-state index in [1.807, 2.05) is 49.9 Å². The van der Waals surface area contributed by atoms with Crippen molar-refractivity contribution in [2.24, 2.45) is 5.41 Å². The summed E-state index contributed by atoms with van der Waals surface area (Å²) in [5.41, 5.74) is 5.39. The Hall–Kier alpha value is -3.75. The highest BCUT2D eigenvalue weighted by atomic mass is 35.5. The maximum atomic E-state index is 12.5. The Kier molecular flexibility index (Phi) is 11.3. The predicted octanol–water partition coefficient (Wildman–Crippen LogP) is 8.60. The molecule has 0 atom stereocenters. The smallest absolute Gasteiger partial charge is 0.410 e. The first kappa shape index (κ1) is 35.6. The van der Waals surface area contributed by atoms with Gasteiger partial charge in [0.1, 0.15) is 29.5 Å². The highest BCUT2D eigenvalue weighted by molar-refractivity contribution is 6.32. The number of ether oxygens (including phenoxy) is 3. The summed E-state index contributed by atoms with van der Waals surface area (Å²) in [6, 6.07) is 15.1. The maximum absolute atomic E-state index is 12.5. The van der Waals surface area contributed by atoms with Crippen molar-refractivity contribution in [2.75, 3.05) is 39.3 Å². The molecule has 8 nitrogen and oxygen atoms in total. The van der Waals surface area contributed by atoms with Crippen molar-refractivity contribution in [1.82, 2.24) is 9.80 Å². The number of nitrogens with zero attached hydrogens (tertiary/aromatic N) is 2. The van der Waals surface area contributed by atoms with E-state index in [-0.39, 0.29) is 29.0 Å². The number of phenols is 1. The molecule has 0 aromatic heterocycles. The van der Waals surface area contributed by atoms with Gasteiger partial charge in [-0.3, -0.25) is 4.79 Å². The lowest BCUT2D eigenvalue weighted by Crippen LogP contribution is -2.49. The van der Waals surface area contributed by atoms with E-state index in [9.17, 15) is 14.7 Å². The molecule has 48 heavy (non-hydrogen) atoms. The van der Waals surface area contributed by atoms with Crippen molar-refractivity contribution in [3.8, 4) is 28.4 Å². The Balaban J connectivity index is 1.10. The van der Waals surface area contributed by atoms with Crippen LogP contribution in [0.3, 0.4) is 0 Å². The largest absolute Gasteiger partial charge is 0.507 e. The van der Waals surface area contributed by atoms with Gasteiger partial charge in [0.15, 0.2) is 6.29 Å². The zero-order valence-electron chi connectivity index (χ0n) is 28.9.